The molecule has 3 nitrogen and oxygen atoms in total. The lowest BCUT2D eigenvalue weighted by molar-refractivity contribution is 0.323. The maximum atomic E-state index is 4.45. The van der Waals surface area contributed by atoms with Gasteiger partial charge in [-0.1, -0.05) is 0 Å². The molecule has 102 valence electrons. The van der Waals surface area contributed by atoms with Crippen molar-refractivity contribution in [1.29, 1.82) is 0 Å². The Balaban J connectivity index is 0.000000810. The van der Waals surface area contributed by atoms with Crippen LogP contribution in [0.3, 0.4) is 0 Å². The molecule has 2 aliphatic rings. The quantitative estimate of drug-likeness (QED) is 0.866. The van der Waals surface area contributed by atoms with E-state index in [1.165, 1.54) is 15.6 Å². The van der Waals surface area contributed by atoms with Gasteiger partial charge in [0.1, 0.15) is 5.84 Å². The minimum atomic E-state index is 0. The first-order chi connectivity index (χ1) is 7.86. The Bertz CT molecular complexity index is 434. The van der Waals surface area contributed by atoms with Crippen LogP contribution in [0, 0.1) is 0 Å². The Labute approximate surface area is 128 Å². The second-order valence-electron chi connectivity index (χ2n) is 4.13. The first-order valence-corrected chi connectivity index (χ1v) is 7.60. The summed E-state index contributed by atoms with van der Waals surface area (Å²) >= 11 is 3.76. The Morgan fingerprint density at radius 2 is 2.28 bits per heavy atom. The van der Waals surface area contributed by atoms with E-state index in [0.29, 0.717) is 0 Å². The van der Waals surface area contributed by atoms with Crippen molar-refractivity contribution in [3.05, 3.63) is 16.5 Å². The molecule has 1 aromatic heterocycles. The number of fused-ring (bicyclic) bond motifs is 1. The van der Waals surface area contributed by atoms with E-state index in [0.717, 1.165) is 32.7 Å². The van der Waals surface area contributed by atoms with Gasteiger partial charge in [-0.25, -0.2) is 0 Å². The van der Waals surface area contributed by atoms with Gasteiger partial charge < -0.3 is 5.32 Å². The molecule has 18 heavy (non-hydrogen) atoms. The maximum Gasteiger partial charge on any atom is 0.111 e. The minimum Gasteiger partial charge on any atom is -0.371 e. The first kappa shape index (κ1) is 16.1. The van der Waals surface area contributed by atoms with E-state index in [9.17, 15) is 0 Å². The first-order valence-electron chi connectivity index (χ1n) is 5.49. The second kappa shape index (κ2) is 7.01. The molecule has 0 saturated carbocycles. The van der Waals surface area contributed by atoms with Gasteiger partial charge in [-0.15, -0.1) is 47.9 Å². The van der Waals surface area contributed by atoms with E-state index in [4.69, 9.17) is 0 Å². The lowest BCUT2D eigenvalue weighted by Crippen LogP contribution is -2.32. The lowest BCUT2D eigenvalue weighted by atomic mass is 10.2. The smallest absolute Gasteiger partial charge is 0.111 e. The Hall–Kier alpha value is 0.0600. The van der Waals surface area contributed by atoms with Gasteiger partial charge in [0, 0.05) is 19.6 Å². The molecular weight excluding hydrogens is 309 g/mol. The van der Waals surface area contributed by atoms with Crippen LogP contribution in [0.4, 0.5) is 0 Å². The molecule has 0 aromatic carbocycles. The van der Waals surface area contributed by atoms with Crippen LogP contribution in [-0.4, -0.2) is 36.6 Å². The van der Waals surface area contributed by atoms with Crippen LogP contribution < -0.4 is 5.32 Å². The summed E-state index contributed by atoms with van der Waals surface area (Å²) in [4.78, 5) is 6.92. The normalized spacial score (nSPS) is 17.5. The highest BCUT2D eigenvalue weighted by Crippen LogP contribution is 2.36. The SMILES string of the molecule is CSc1scc2c1CN(CC1=NCCN1)C2.Cl.Cl. The number of nitrogens with zero attached hydrogens (tertiary/aromatic N) is 2. The van der Waals surface area contributed by atoms with Crippen molar-refractivity contribution in [3.8, 4) is 0 Å². The zero-order valence-corrected chi connectivity index (χ0v) is 13.4. The van der Waals surface area contributed by atoms with Crippen molar-refractivity contribution in [2.24, 2.45) is 4.99 Å². The summed E-state index contributed by atoms with van der Waals surface area (Å²) in [5.74, 6) is 1.17. The highest BCUT2D eigenvalue weighted by Gasteiger charge is 2.24. The monoisotopic (exact) mass is 325 g/mol. The number of thiophene rings is 1. The fraction of sp³-hybridized carbons (Fsp3) is 0.545. The summed E-state index contributed by atoms with van der Waals surface area (Å²) in [6, 6.07) is 0. The van der Waals surface area contributed by atoms with Gasteiger partial charge in [-0.3, -0.25) is 9.89 Å². The zero-order chi connectivity index (χ0) is 11.0. The zero-order valence-electron chi connectivity index (χ0n) is 10.1. The van der Waals surface area contributed by atoms with E-state index in [1.54, 1.807) is 5.56 Å². The van der Waals surface area contributed by atoms with Crippen LogP contribution in [-0.2, 0) is 13.1 Å². The average molecular weight is 326 g/mol. The van der Waals surface area contributed by atoms with Crippen molar-refractivity contribution < 1.29 is 0 Å². The molecular formula is C11H17Cl2N3S2. The molecule has 2 aliphatic heterocycles. The third-order valence-corrected chi connectivity index (χ3v) is 5.29. The second-order valence-corrected chi connectivity index (χ2v) is 6.09. The topological polar surface area (TPSA) is 27.6 Å². The Morgan fingerprint density at radius 3 is 2.94 bits per heavy atom. The van der Waals surface area contributed by atoms with Gasteiger partial charge in [0.05, 0.1) is 17.3 Å². The summed E-state index contributed by atoms with van der Waals surface area (Å²) < 4.78 is 1.49. The summed E-state index contributed by atoms with van der Waals surface area (Å²) in [6.07, 6.45) is 2.16. The molecule has 3 heterocycles. The largest absolute Gasteiger partial charge is 0.371 e. The summed E-state index contributed by atoms with van der Waals surface area (Å²) in [7, 11) is 0. The van der Waals surface area contributed by atoms with Crippen molar-refractivity contribution in [2.75, 3.05) is 25.9 Å². The lowest BCUT2D eigenvalue weighted by Gasteiger charge is -2.15. The molecule has 0 atom stereocenters. The van der Waals surface area contributed by atoms with Gasteiger partial charge in [0.2, 0.25) is 0 Å². The van der Waals surface area contributed by atoms with Crippen LogP contribution in [0.15, 0.2) is 14.6 Å². The number of hydrogen-bond acceptors (Lipinski definition) is 5. The summed E-state index contributed by atoms with van der Waals surface area (Å²) in [5, 5.41) is 5.65. The van der Waals surface area contributed by atoms with E-state index in [-0.39, 0.29) is 24.8 Å². The fourth-order valence-electron chi connectivity index (χ4n) is 2.26. The number of aliphatic imine (C=N–C) groups is 1. The van der Waals surface area contributed by atoms with Crippen LogP contribution in [0.25, 0.3) is 0 Å². The molecule has 0 fully saturated rings. The molecule has 0 amide bonds. The van der Waals surface area contributed by atoms with Crippen LogP contribution >= 0.6 is 47.9 Å². The fourth-order valence-corrected chi connectivity index (χ4v) is 4.04. The number of thioether (sulfide) groups is 1. The van der Waals surface area contributed by atoms with Gasteiger partial charge >= 0.3 is 0 Å². The van der Waals surface area contributed by atoms with E-state index < -0.39 is 0 Å². The predicted molar refractivity (Wildman–Crippen MR) is 85.0 cm³/mol. The Kier molecular flexibility index (Phi) is 6.27. The number of halogens is 2. The molecule has 0 unspecified atom stereocenters. The molecule has 1 N–H and O–H groups in total. The molecule has 0 spiro atoms. The average Bonchev–Trinajstić information content (AvgIpc) is 2.94. The van der Waals surface area contributed by atoms with Crippen molar-refractivity contribution in [3.63, 3.8) is 0 Å². The maximum absolute atomic E-state index is 4.45. The highest BCUT2D eigenvalue weighted by atomic mass is 35.5. The molecule has 1 aromatic rings. The van der Waals surface area contributed by atoms with E-state index >= 15 is 0 Å². The van der Waals surface area contributed by atoms with Gasteiger partial charge in [0.15, 0.2) is 0 Å². The van der Waals surface area contributed by atoms with Crippen molar-refractivity contribution in [2.45, 2.75) is 17.3 Å². The third kappa shape index (κ3) is 3.14. The van der Waals surface area contributed by atoms with E-state index in [2.05, 4.69) is 26.8 Å². The Morgan fingerprint density at radius 1 is 1.44 bits per heavy atom. The van der Waals surface area contributed by atoms with Gasteiger partial charge in [0.25, 0.3) is 0 Å². The molecule has 0 bridgehead atoms. The number of hydrogen-bond donors (Lipinski definition) is 1. The molecule has 7 heteroatoms. The molecule has 0 radical (unpaired) electrons. The summed E-state index contributed by atoms with van der Waals surface area (Å²) in [6.45, 7) is 5.12. The van der Waals surface area contributed by atoms with Crippen LogP contribution in [0.5, 0.6) is 0 Å². The molecule has 0 aliphatic carbocycles. The predicted octanol–water partition coefficient (Wildman–Crippen LogP) is 2.63. The van der Waals surface area contributed by atoms with Gasteiger partial charge in [-0.05, 0) is 22.8 Å². The number of amidine groups is 1. The van der Waals surface area contributed by atoms with Crippen LogP contribution in [0.2, 0.25) is 0 Å². The molecule has 0 saturated heterocycles. The third-order valence-electron chi connectivity index (χ3n) is 3.02. The van der Waals surface area contributed by atoms with Crippen LogP contribution in [0.1, 0.15) is 11.1 Å². The number of nitrogens with one attached hydrogen (secondary N) is 1. The minimum absolute atomic E-state index is 0. The highest BCUT2D eigenvalue weighted by molar-refractivity contribution is 8.00. The van der Waals surface area contributed by atoms with E-state index in [1.807, 2.05) is 23.1 Å². The van der Waals surface area contributed by atoms with Crippen molar-refractivity contribution >= 4 is 53.7 Å². The summed E-state index contributed by atoms with van der Waals surface area (Å²) in [5.41, 5.74) is 3.07. The molecule has 3 rings (SSSR count). The number of rotatable bonds is 3. The standard InChI is InChI=1S/C11H15N3S2.2ClH/c1-15-11-9-5-14(4-8(9)7-16-11)6-10-12-2-3-13-10;;/h7H,2-6H2,1H3,(H,12,13);2*1H. The van der Waals surface area contributed by atoms with Crippen molar-refractivity contribution in [1.82, 2.24) is 10.2 Å². The van der Waals surface area contributed by atoms with Gasteiger partial charge in [-0.2, -0.15) is 0 Å².